The summed E-state index contributed by atoms with van der Waals surface area (Å²) in [5, 5.41) is 1.61. The van der Waals surface area contributed by atoms with Crippen molar-refractivity contribution in [3.8, 4) is 17.2 Å². The molecule has 5 heteroatoms. The fraction of sp³-hybridized carbons (Fsp3) is 0.421. The van der Waals surface area contributed by atoms with Gasteiger partial charge in [-0.2, -0.15) is 0 Å². The molecule has 0 aliphatic carbocycles. The molecule has 0 radical (unpaired) electrons. The van der Waals surface area contributed by atoms with Crippen LogP contribution >= 0.6 is 0 Å². The van der Waals surface area contributed by atoms with Crippen LogP contribution in [0.4, 0.5) is 4.79 Å². The van der Waals surface area contributed by atoms with Crippen LogP contribution in [-0.2, 0) is 4.74 Å². The number of hydrogen-bond donors (Lipinski definition) is 0. The number of ether oxygens (including phenoxy) is 4. The summed E-state index contributed by atoms with van der Waals surface area (Å²) in [4.78, 5) is 11.9. The van der Waals surface area contributed by atoms with Crippen molar-refractivity contribution in [1.29, 1.82) is 0 Å². The summed E-state index contributed by atoms with van der Waals surface area (Å²) in [7, 11) is 0. The van der Waals surface area contributed by atoms with Crippen molar-refractivity contribution in [2.75, 3.05) is 19.8 Å². The van der Waals surface area contributed by atoms with E-state index < -0.39 is 6.16 Å². The third kappa shape index (κ3) is 4.31. The van der Waals surface area contributed by atoms with E-state index in [0.29, 0.717) is 37.1 Å². The number of rotatable bonds is 8. The standard InChI is InChI=1S/C19H24O5/c1-4-7-12-23-19(20)24-16-13-17(21-5-2)18(22-6-3)15-11-9-8-10-14(15)16/h8-11,13H,4-7,12H2,1-3H3. The first kappa shape index (κ1) is 17.9. The molecule has 0 unspecified atom stereocenters. The van der Waals surface area contributed by atoms with Gasteiger partial charge in [-0.1, -0.05) is 37.6 Å². The third-order valence-corrected chi connectivity index (χ3v) is 3.42. The maximum Gasteiger partial charge on any atom is 0.513 e. The molecule has 0 bridgehead atoms. The van der Waals surface area contributed by atoms with E-state index in [4.69, 9.17) is 18.9 Å². The highest BCUT2D eigenvalue weighted by atomic mass is 16.7. The van der Waals surface area contributed by atoms with Gasteiger partial charge in [-0.05, 0) is 20.3 Å². The lowest BCUT2D eigenvalue weighted by atomic mass is 10.1. The molecular formula is C19H24O5. The normalized spacial score (nSPS) is 10.5. The number of fused-ring (bicyclic) bond motifs is 1. The van der Waals surface area contributed by atoms with Crippen molar-refractivity contribution in [2.45, 2.75) is 33.6 Å². The van der Waals surface area contributed by atoms with Crippen LogP contribution in [-0.4, -0.2) is 26.0 Å². The van der Waals surface area contributed by atoms with E-state index in [1.54, 1.807) is 6.07 Å². The second-order valence-corrected chi connectivity index (χ2v) is 5.17. The van der Waals surface area contributed by atoms with E-state index in [2.05, 4.69) is 0 Å². The van der Waals surface area contributed by atoms with E-state index in [1.807, 2.05) is 45.0 Å². The second-order valence-electron chi connectivity index (χ2n) is 5.17. The summed E-state index contributed by atoms with van der Waals surface area (Å²) in [5.41, 5.74) is 0. The molecular weight excluding hydrogens is 308 g/mol. The van der Waals surface area contributed by atoms with Gasteiger partial charge in [-0.15, -0.1) is 0 Å². The van der Waals surface area contributed by atoms with Gasteiger partial charge in [-0.25, -0.2) is 4.79 Å². The van der Waals surface area contributed by atoms with Crippen molar-refractivity contribution < 1.29 is 23.7 Å². The van der Waals surface area contributed by atoms with Crippen molar-refractivity contribution in [1.82, 2.24) is 0 Å². The van der Waals surface area contributed by atoms with E-state index in [1.165, 1.54) is 0 Å². The number of carbonyl (C=O) groups excluding carboxylic acids is 1. The van der Waals surface area contributed by atoms with E-state index in [9.17, 15) is 4.79 Å². The first-order valence-corrected chi connectivity index (χ1v) is 8.37. The van der Waals surface area contributed by atoms with Crippen molar-refractivity contribution >= 4 is 16.9 Å². The average Bonchev–Trinajstić information content (AvgIpc) is 2.58. The van der Waals surface area contributed by atoms with Crippen LogP contribution in [0.15, 0.2) is 30.3 Å². The molecule has 2 aromatic rings. The molecule has 0 aromatic heterocycles. The van der Waals surface area contributed by atoms with E-state index in [-0.39, 0.29) is 0 Å². The van der Waals surface area contributed by atoms with Crippen LogP contribution in [0, 0.1) is 0 Å². The summed E-state index contributed by atoms with van der Waals surface area (Å²) in [5.74, 6) is 1.61. The molecule has 0 N–H and O–H groups in total. The summed E-state index contributed by atoms with van der Waals surface area (Å²) < 4.78 is 21.9. The monoisotopic (exact) mass is 332 g/mol. The van der Waals surface area contributed by atoms with Gasteiger partial charge in [0.25, 0.3) is 0 Å². The minimum atomic E-state index is -0.708. The molecule has 130 valence electrons. The zero-order valence-electron chi connectivity index (χ0n) is 14.5. The van der Waals surface area contributed by atoms with Gasteiger partial charge < -0.3 is 18.9 Å². The Morgan fingerprint density at radius 1 is 0.958 bits per heavy atom. The lowest BCUT2D eigenvalue weighted by Crippen LogP contribution is -2.12. The molecule has 5 nitrogen and oxygen atoms in total. The Balaban J connectivity index is 2.38. The van der Waals surface area contributed by atoms with Gasteiger partial charge >= 0.3 is 6.16 Å². The molecule has 2 rings (SSSR count). The van der Waals surface area contributed by atoms with Crippen LogP contribution in [0.2, 0.25) is 0 Å². The van der Waals surface area contributed by atoms with Crippen molar-refractivity contribution in [3.05, 3.63) is 30.3 Å². The van der Waals surface area contributed by atoms with Gasteiger partial charge in [0.15, 0.2) is 11.5 Å². The Morgan fingerprint density at radius 2 is 1.67 bits per heavy atom. The fourth-order valence-corrected chi connectivity index (χ4v) is 2.35. The van der Waals surface area contributed by atoms with Gasteiger partial charge in [0, 0.05) is 16.8 Å². The van der Waals surface area contributed by atoms with Crippen LogP contribution in [0.1, 0.15) is 33.6 Å². The molecule has 0 saturated heterocycles. The van der Waals surface area contributed by atoms with Crippen LogP contribution in [0.5, 0.6) is 17.2 Å². The number of unbranched alkanes of at least 4 members (excludes halogenated alkanes) is 1. The Hall–Kier alpha value is -2.43. The smallest absolute Gasteiger partial charge is 0.490 e. The summed E-state index contributed by atoms with van der Waals surface area (Å²) in [6, 6.07) is 9.26. The first-order valence-electron chi connectivity index (χ1n) is 8.37. The number of benzene rings is 2. The quantitative estimate of drug-likeness (QED) is 0.389. The van der Waals surface area contributed by atoms with E-state index >= 15 is 0 Å². The van der Waals surface area contributed by atoms with E-state index in [0.717, 1.165) is 23.6 Å². The second kappa shape index (κ2) is 9.01. The molecule has 0 heterocycles. The zero-order valence-corrected chi connectivity index (χ0v) is 14.5. The third-order valence-electron chi connectivity index (χ3n) is 3.42. The van der Waals surface area contributed by atoms with Crippen molar-refractivity contribution in [2.24, 2.45) is 0 Å². The Kier molecular flexibility index (Phi) is 6.73. The van der Waals surface area contributed by atoms with Gasteiger partial charge in [0.1, 0.15) is 5.75 Å². The summed E-state index contributed by atoms with van der Waals surface area (Å²) >= 11 is 0. The van der Waals surface area contributed by atoms with Gasteiger partial charge in [0.05, 0.1) is 19.8 Å². The Labute approximate surface area is 142 Å². The predicted molar refractivity (Wildman–Crippen MR) is 93.2 cm³/mol. The highest BCUT2D eigenvalue weighted by Crippen LogP contribution is 2.41. The van der Waals surface area contributed by atoms with Gasteiger partial charge in [-0.3, -0.25) is 0 Å². The molecule has 0 atom stereocenters. The number of hydrogen-bond acceptors (Lipinski definition) is 5. The van der Waals surface area contributed by atoms with Gasteiger partial charge in [0.2, 0.25) is 0 Å². The first-order chi connectivity index (χ1) is 11.7. The Morgan fingerprint density at radius 3 is 2.33 bits per heavy atom. The zero-order chi connectivity index (χ0) is 17.4. The molecule has 0 fully saturated rings. The topological polar surface area (TPSA) is 54.0 Å². The molecule has 0 spiro atoms. The highest BCUT2D eigenvalue weighted by Gasteiger charge is 2.17. The molecule has 2 aromatic carbocycles. The van der Waals surface area contributed by atoms with Crippen molar-refractivity contribution in [3.63, 3.8) is 0 Å². The maximum absolute atomic E-state index is 11.9. The lowest BCUT2D eigenvalue weighted by Gasteiger charge is -2.16. The molecule has 0 saturated carbocycles. The number of carbonyl (C=O) groups is 1. The van der Waals surface area contributed by atoms with Crippen LogP contribution in [0.3, 0.4) is 0 Å². The predicted octanol–water partition coefficient (Wildman–Crippen LogP) is 4.95. The Bertz CT molecular complexity index is 681. The van der Waals surface area contributed by atoms with Crippen LogP contribution < -0.4 is 14.2 Å². The highest BCUT2D eigenvalue weighted by molar-refractivity contribution is 5.96. The SMILES string of the molecule is CCCCOC(=O)Oc1cc(OCC)c(OCC)c2ccccc12. The van der Waals surface area contributed by atoms with Crippen LogP contribution in [0.25, 0.3) is 10.8 Å². The molecule has 24 heavy (non-hydrogen) atoms. The minimum Gasteiger partial charge on any atom is -0.490 e. The minimum absolute atomic E-state index is 0.350. The largest absolute Gasteiger partial charge is 0.513 e. The maximum atomic E-state index is 11.9. The lowest BCUT2D eigenvalue weighted by molar-refractivity contribution is 0.0982. The average molecular weight is 332 g/mol. The molecule has 0 aliphatic rings. The fourth-order valence-electron chi connectivity index (χ4n) is 2.35. The molecule has 0 aliphatic heterocycles. The molecule has 0 amide bonds. The summed E-state index contributed by atoms with van der Waals surface area (Å²) in [6.07, 6.45) is 1.05. The summed E-state index contributed by atoms with van der Waals surface area (Å²) in [6.45, 7) is 7.19.